The molecule has 6 aromatic rings. The van der Waals surface area contributed by atoms with Gasteiger partial charge in [0.1, 0.15) is 0 Å². The van der Waals surface area contributed by atoms with Crippen LogP contribution < -0.4 is 15.9 Å². The molecular weight excluding hydrogens is 415 g/mol. The third-order valence-corrected chi connectivity index (χ3v) is 8.75. The maximum Gasteiger partial charge on any atom is -0.00722 e. The lowest BCUT2D eigenvalue weighted by Crippen LogP contribution is -2.21. The van der Waals surface area contributed by atoms with E-state index in [-0.39, 0.29) is 0 Å². The Morgan fingerprint density at radius 1 is 0.333 bits per heavy atom. The normalized spacial score (nSPS) is 11.3. The molecule has 0 bridgehead atoms. The Hall–Kier alpha value is -3.73. The lowest BCUT2D eigenvalue weighted by Gasteiger charge is -2.22. The van der Waals surface area contributed by atoms with Crippen LogP contribution in [-0.2, 0) is 0 Å². The smallest absolute Gasteiger partial charge is 0.00722 e. The number of hydrogen-bond donors (Lipinski definition) is 0. The average molecular weight is 439 g/mol. The quantitative estimate of drug-likeness (QED) is 0.251. The summed E-state index contributed by atoms with van der Waals surface area (Å²) in [6.45, 7) is 0. The van der Waals surface area contributed by atoms with E-state index in [1.165, 1.54) is 48.6 Å². The van der Waals surface area contributed by atoms with Crippen molar-refractivity contribution in [3.63, 3.8) is 0 Å². The third kappa shape index (κ3) is 3.63. The topological polar surface area (TPSA) is 0 Å². The standard InChI is InChI=1S/C32H23P/c1-3-14-25(15-4-1)33(26-16-5-2-6-17-26)32-23-22-30(29-19-9-10-20-31(29)32)28-21-11-13-24-12-7-8-18-27(24)28/h1-23H. The van der Waals surface area contributed by atoms with Crippen LogP contribution in [0.3, 0.4) is 0 Å². The molecule has 0 fully saturated rings. The van der Waals surface area contributed by atoms with E-state index < -0.39 is 7.92 Å². The predicted molar refractivity (Wildman–Crippen MR) is 146 cm³/mol. The van der Waals surface area contributed by atoms with E-state index >= 15 is 0 Å². The summed E-state index contributed by atoms with van der Waals surface area (Å²) in [5.41, 5.74) is 2.59. The molecule has 0 aliphatic rings. The fourth-order valence-electron chi connectivity index (χ4n) is 4.75. The summed E-state index contributed by atoms with van der Waals surface area (Å²) in [5, 5.41) is 9.38. The van der Waals surface area contributed by atoms with Crippen molar-refractivity contribution in [3.8, 4) is 11.1 Å². The van der Waals surface area contributed by atoms with Crippen LogP contribution in [0.4, 0.5) is 0 Å². The van der Waals surface area contributed by atoms with Crippen molar-refractivity contribution in [2.75, 3.05) is 0 Å². The number of fused-ring (bicyclic) bond motifs is 2. The van der Waals surface area contributed by atoms with E-state index in [4.69, 9.17) is 0 Å². The van der Waals surface area contributed by atoms with E-state index in [1.807, 2.05) is 0 Å². The Morgan fingerprint density at radius 2 is 0.848 bits per heavy atom. The molecular formula is C32H23P. The zero-order chi connectivity index (χ0) is 22.0. The minimum Gasteiger partial charge on any atom is -0.0622 e. The van der Waals surface area contributed by atoms with Gasteiger partial charge in [0.25, 0.3) is 0 Å². The number of hydrogen-bond acceptors (Lipinski definition) is 0. The summed E-state index contributed by atoms with van der Waals surface area (Å²) in [7, 11) is -0.662. The first-order valence-electron chi connectivity index (χ1n) is 11.3. The first kappa shape index (κ1) is 19.9. The van der Waals surface area contributed by atoms with Crippen molar-refractivity contribution in [1.29, 1.82) is 0 Å². The van der Waals surface area contributed by atoms with Crippen LogP contribution in [0, 0.1) is 0 Å². The Morgan fingerprint density at radius 3 is 1.55 bits per heavy atom. The van der Waals surface area contributed by atoms with Crippen molar-refractivity contribution in [3.05, 3.63) is 140 Å². The lowest BCUT2D eigenvalue weighted by atomic mass is 9.94. The average Bonchev–Trinajstić information content (AvgIpc) is 2.90. The molecule has 0 aliphatic heterocycles. The summed E-state index contributed by atoms with van der Waals surface area (Å²) in [5.74, 6) is 0. The van der Waals surface area contributed by atoms with Gasteiger partial charge in [-0.2, -0.15) is 0 Å². The molecule has 0 radical (unpaired) electrons. The maximum absolute atomic E-state index is 2.37. The Labute approximate surface area is 195 Å². The van der Waals surface area contributed by atoms with Gasteiger partial charge in [-0.25, -0.2) is 0 Å². The van der Waals surface area contributed by atoms with E-state index in [9.17, 15) is 0 Å². The van der Waals surface area contributed by atoms with E-state index in [0.717, 1.165) is 0 Å². The largest absolute Gasteiger partial charge is 0.0622 e. The van der Waals surface area contributed by atoms with Gasteiger partial charge < -0.3 is 0 Å². The van der Waals surface area contributed by atoms with Crippen molar-refractivity contribution in [1.82, 2.24) is 0 Å². The second kappa shape index (κ2) is 8.66. The highest BCUT2D eigenvalue weighted by Gasteiger charge is 2.20. The molecule has 0 nitrogen and oxygen atoms in total. The second-order valence-electron chi connectivity index (χ2n) is 8.21. The van der Waals surface area contributed by atoms with Gasteiger partial charge in [-0.15, -0.1) is 0 Å². The van der Waals surface area contributed by atoms with Gasteiger partial charge in [0.15, 0.2) is 0 Å². The van der Waals surface area contributed by atoms with E-state index in [2.05, 4.69) is 140 Å². The van der Waals surface area contributed by atoms with Crippen molar-refractivity contribution in [2.24, 2.45) is 0 Å². The van der Waals surface area contributed by atoms with Gasteiger partial charge >= 0.3 is 0 Å². The van der Waals surface area contributed by atoms with Crippen molar-refractivity contribution < 1.29 is 0 Å². The van der Waals surface area contributed by atoms with Crippen LogP contribution in [0.2, 0.25) is 0 Å². The Balaban J connectivity index is 1.63. The molecule has 0 aliphatic carbocycles. The molecule has 0 saturated carbocycles. The molecule has 156 valence electrons. The fraction of sp³-hybridized carbons (Fsp3) is 0. The fourth-order valence-corrected chi connectivity index (χ4v) is 7.21. The minimum atomic E-state index is -0.662. The molecule has 0 unspecified atom stereocenters. The van der Waals surface area contributed by atoms with Gasteiger partial charge in [-0.3, -0.25) is 0 Å². The predicted octanol–water partition coefficient (Wildman–Crippen LogP) is 7.42. The second-order valence-corrected chi connectivity index (χ2v) is 10.4. The highest BCUT2D eigenvalue weighted by atomic mass is 31.1. The minimum absolute atomic E-state index is 0.662. The zero-order valence-corrected chi connectivity index (χ0v) is 19.1. The molecule has 6 aromatic carbocycles. The Bertz CT molecular complexity index is 1510. The maximum atomic E-state index is 2.37. The molecule has 0 amide bonds. The molecule has 33 heavy (non-hydrogen) atoms. The molecule has 1 heteroatoms. The van der Waals surface area contributed by atoms with Gasteiger partial charge in [0.2, 0.25) is 0 Å². The SMILES string of the molecule is c1ccc(P(c2ccccc2)c2ccc(-c3cccc4ccccc34)c3ccccc23)cc1. The molecule has 0 spiro atoms. The molecule has 0 atom stereocenters. The first-order chi connectivity index (χ1) is 16.4. The van der Waals surface area contributed by atoms with Crippen molar-refractivity contribution in [2.45, 2.75) is 0 Å². The van der Waals surface area contributed by atoms with Crippen LogP contribution in [0.15, 0.2) is 140 Å². The van der Waals surface area contributed by atoms with Gasteiger partial charge in [0, 0.05) is 0 Å². The molecule has 0 heterocycles. The molecule has 6 rings (SSSR count). The van der Waals surface area contributed by atoms with Crippen LogP contribution in [-0.4, -0.2) is 0 Å². The summed E-state index contributed by atoms with van der Waals surface area (Å²) in [4.78, 5) is 0. The third-order valence-electron chi connectivity index (χ3n) is 6.25. The summed E-state index contributed by atoms with van der Waals surface area (Å²) < 4.78 is 0. The molecule has 0 N–H and O–H groups in total. The van der Waals surface area contributed by atoms with Crippen LogP contribution in [0.1, 0.15) is 0 Å². The van der Waals surface area contributed by atoms with Crippen LogP contribution in [0.5, 0.6) is 0 Å². The molecule has 0 aromatic heterocycles. The summed E-state index contributed by atoms with van der Waals surface area (Å²) in [6, 6.07) is 50.8. The van der Waals surface area contributed by atoms with E-state index in [0.29, 0.717) is 0 Å². The number of rotatable bonds is 4. The highest BCUT2D eigenvalue weighted by molar-refractivity contribution is 7.80. The number of benzene rings is 6. The van der Waals surface area contributed by atoms with Crippen LogP contribution in [0.25, 0.3) is 32.7 Å². The summed E-state index contributed by atoms with van der Waals surface area (Å²) in [6.07, 6.45) is 0. The van der Waals surface area contributed by atoms with Crippen molar-refractivity contribution >= 4 is 45.4 Å². The van der Waals surface area contributed by atoms with E-state index in [1.54, 1.807) is 0 Å². The zero-order valence-electron chi connectivity index (χ0n) is 18.2. The first-order valence-corrected chi connectivity index (χ1v) is 12.6. The Kier molecular flexibility index (Phi) is 5.23. The monoisotopic (exact) mass is 438 g/mol. The highest BCUT2D eigenvalue weighted by Crippen LogP contribution is 2.39. The van der Waals surface area contributed by atoms with Gasteiger partial charge in [-0.1, -0.05) is 140 Å². The van der Waals surface area contributed by atoms with Crippen LogP contribution >= 0.6 is 7.92 Å². The molecule has 0 saturated heterocycles. The lowest BCUT2D eigenvalue weighted by molar-refractivity contribution is 1.69. The summed E-state index contributed by atoms with van der Waals surface area (Å²) >= 11 is 0. The van der Waals surface area contributed by atoms with Gasteiger partial charge in [0.05, 0.1) is 0 Å². The van der Waals surface area contributed by atoms with Gasteiger partial charge in [-0.05, 0) is 56.5 Å².